The molecule has 32 heavy (non-hydrogen) atoms. The summed E-state index contributed by atoms with van der Waals surface area (Å²) in [6.45, 7) is 3.88. The van der Waals surface area contributed by atoms with Crippen molar-refractivity contribution in [1.82, 2.24) is 19.7 Å². The first-order valence-electron chi connectivity index (χ1n) is 11.3. The molecule has 1 spiro atoms. The minimum atomic E-state index is -0.156. The number of carbonyl (C=O) groups is 2. The van der Waals surface area contributed by atoms with Gasteiger partial charge in [-0.2, -0.15) is 0 Å². The van der Waals surface area contributed by atoms with Crippen LogP contribution >= 0.6 is 0 Å². The second-order valence-electron chi connectivity index (χ2n) is 9.29. The van der Waals surface area contributed by atoms with E-state index in [9.17, 15) is 9.59 Å². The zero-order valence-electron chi connectivity index (χ0n) is 18.7. The molecule has 5 rings (SSSR count). The molecule has 2 aromatic rings. The first-order valence-corrected chi connectivity index (χ1v) is 11.3. The summed E-state index contributed by atoms with van der Waals surface area (Å²) in [4.78, 5) is 36.8. The van der Waals surface area contributed by atoms with Gasteiger partial charge in [0.25, 0.3) is 5.91 Å². The molecule has 3 aliphatic heterocycles. The van der Waals surface area contributed by atoms with E-state index in [1.807, 2.05) is 47.3 Å². The van der Waals surface area contributed by atoms with Crippen molar-refractivity contribution in [2.75, 3.05) is 40.3 Å². The summed E-state index contributed by atoms with van der Waals surface area (Å²) < 4.78 is 5.27. The van der Waals surface area contributed by atoms with Gasteiger partial charge in [-0.15, -0.1) is 0 Å². The first kappa shape index (κ1) is 20.9. The SMILES string of the molecule is COc1cccc(C(=O)N2CCC3(CC2)[C@H]2CN(Cc4cccnc4)C[C@H]2C(=O)N3C)c1. The highest BCUT2D eigenvalue weighted by Crippen LogP contribution is 2.49. The Morgan fingerprint density at radius 1 is 1.19 bits per heavy atom. The summed E-state index contributed by atoms with van der Waals surface area (Å²) in [6, 6.07) is 11.4. The Bertz CT molecular complexity index is 1000. The van der Waals surface area contributed by atoms with Crippen LogP contribution in [-0.4, -0.2) is 77.4 Å². The van der Waals surface area contributed by atoms with Crippen LogP contribution in [0.4, 0.5) is 0 Å². The van der Waals surface area contributed by atoms with E-state index in [0.29, 0.717) is 30.3 Å². The molecule has 3 aliphatic rings. The molecule has 0 bridgehead atoms. The summed E-state index contributed by atoms with van der Waals surface area (Å²) in [7, 11) is 3.57. The number of pyridine rings is 1. The molecule has 3 fully saturated rings. The van der Waals surface area contributed by atoms with Crippen LogP contribution in [0, 0.1) is 11.8 Å². The van der Waals surface area contributed by atoms with Gasteiger partial charge in [-0.1, -0.05) is 12.1 Å². The van der Waals surface area contributed by atoms with Gasteiger partial charge in [0.05, 0.1) is 18.6 Å². The third kappa shape index (κ3) is 3.45. The van der Waals surface area contributed by atoms with Crippen molar-refractivity contribution < 1.29 is 14.3 Å². The largest absolute Gasteiger partial charge is 0.497 e. The predicted octanol–water partition coefficient (Wildman–Crippen LogP) is 2.29. The van der Waals surface area contributed by atoms with E-state index in [1.165, 1.54) is 5.56 Å². The maximum Gasteiger partial charge on any atom is 0.253 e. The number of piperidine rings is 1. The predicted molar refractivity (Wildman–Crippen MR) is 120 cm³/mol. The van der Waals surface area contributed by atoms with Crippen LogP contribution in [0.3, 0.4) is 0 Å². The number of nitrogens with zero attached hydrogens (tertiary/aromatic N) is 4. The van der Waals surface area contributed by atoms with Crippen LogP contribution in [0.2, 0.25) is 0 Å². The molecule has 7 heteroatoms. The molecule has 2 amide bonds. The van der Waals surface area contributed by atoms with E-state index < -0.39 is 0 Å². The lowest BCUT2D eigenvalue weighted by atomic mass is 9.75. The number of aromatic nitrogens is 1. The number of methoxy groups -OCH3 is 1. The van der Waals surface area contributed by atoms with Crippen molar-refractivity contribution in [3.63, 3.8) is 0 Å². The third-order valence-corrected chi connectivity index (χ3v) is 7.76. The molecule has 0 unspecified atom stereocenters. The van der Waals surface area contributed by atoms with Gasteiger partial charge in [-0.25, -0.2) is 0 Å². The molecular formula is C25H30N4O3. The molecule has 0 aliphatic carbocycles. The lowest BCUT2D eigenvalue weighted by molar-refractivity contribution is -0.133. The van der Waals surface area contributed by atoms with Gasteiger partial charge < -0.3 is 14.5 Å². The Balaban J connectivity index is 1.29. The zero-order chi connectivity index (χ0) is 22.3. The standard InChI is InChI=1S/C25H30N4O3/c1-27-24(31)21-16-28(15-18-5-4-10-26-14-18)17-22(21)25(27)8-11-29(12-9-25)23(30)19-6-3-7-20(13-19)32-2/h3-7,10,13-14,21-22H,8-9,11-12,15-17H2,1-2H3/t21-,22+/m1/s1. The maximum atomic E-state index is 13.2. The topological polar surface area (TPSA) is 66.0 Å². The second kappa shape index (κ2) is 8.20. The highest BCUT2D eigenvalue weighted by Gasteiger charge is 2.60. The maximum absolute atomic E-state index is 13.2. The molecule has 0 N–H and O–H groups in total. The van der Waals surface area contributed by atoms with E-state index >= 15 is 0 Å². The fraction of sp³-hybridized carbons (Fsp3) is 0.480. The quantitative estimate of drug-likeness (QED) is 0.739. The molecule has 168 valence electrons. The number of amides is 2. The monoisotopic (exact) mass is 434 g/mol. The Kier molecular flexibility index (Phi) is 5.37. The molecular weight excluding hydrogens is 404 g/mol. The van der Waals surface area contributed by atoms with Crippen molar-refractivity contribution in [2.24, 2.45) is 11.8 Å². The number of carbonyl (C=O) groups excluding carboxylic acids is 2. The van der Waals surface area contributed by atoms with Crippen molar-refractivity contribution in [2.45, 2.75) is 24.9 Å². The van der Waals surface area contributed by atoms with Crippen LogP contribution < -0.4 is 4.74 Å². The van der Waals surface area contributed by atoms with Crippen molar-refractivity contribution in [3.8, 4) is 5.75 Å². The number of fused-ring (bicyclic) bond motifs is 2. The number of benzene rings is 1. The van der Waals surface area contributed by atoms with Gasteiger partial charge in [0.1, 0.15) is 5.75 Å². The molecule has 7 nitrogen and oxygen atoms in total. The number of rotatable bonds is 4. The smallest absolute Gasteiger partial charge is 0.253 e. The molecule has 1 aromatic heterocycles. The number of likely N-dealkylation sites (tertiary alicyclic amines) is 3. The van der Waals surface area contributed by atoms with Crippen LogP contribution in [0.25, 0.3) is 0 Å². The summed E-state index contributed by atoms with van der Waals surface area (Å²) in [5.41, 5.74) is 1.68. The summed E-state index contributed by atoms with van der Waals surface area (Å²) in [6.07, 6.45) is 5.34. The van der Waals surface area contributed by atoms with E-state index in [0.717, 1.165) is 32.5 Å². The van der Waals surface area contributed by atoms with Crippen molar-refractivity contribution in [3.05, 3.63) is 59.9 Å². The third-order valence-electron chi connectivity index (χ3n) is 7.76. The Hall–Kier alpha value is -2.93. The summed E-state index contributed by atoms with van der Waals surface area (Å²) in [5.74, 6) is 1.35. The fourth-order valence-corrected chi connectivity index (χ4v) is 6.02. The Labute approximate surface area is 189 Å². The normalized spacial score (nSPS) is 24.8. The number of hydrogen-bond donors (Lipinski definition) is 0. The van der Waals surface area contributed by atoms with Gasteiger partial charge >= 0.3 is 0 Å². The van der Waals surface area contributed by atoms with E-state index in [-0.39, 0.29) is 23.3 Å². The van der Waals surface area contributed by atoms with Gasteiger partial charge in [0.15, 0.2) is 0 Å². The molecule has 0 radical (unpaired) electrons. The van der Waals surface area contributed by atoms with Gasteiger partial charge in [0.2, 0.25) is 5.91 Å². The molecule has 0 saturated carbocycles. The zero-order valence-corrected chi connectivity index (χ0v) is 18.7. The highest BCUT2D eigenvalue weighted by atomic mass is 16.5. The second-order valence-corrected chi connectivity index (χ2v) is 9.29. The Morgan fingerprint density at radius 2 is 2.00 bits per heavy atom. The summed E-state index contributed by atoms with van der Waals surface area (Å²) in [5, 5.41) is 0. The average molecular weight is 435 g/mol. The van der Waals surface area contributed by atoms with Gasteiger partial charge in [-0.05, 0) is 42.7 Å². The molecule has 4 heterocycles. The van der Waals surface area contributed by atoms with E-state index in [1.54, 1.807) is 19.4 Å². The lowest BCUT2D eigenvalue weighted by Gasteiger charge is -2.46. The first-order chi connectivity index (χ1) is 15.5. The van der Waals surface area contributed by atoms with Crippen LogP contribution in [0.1, 0.15) is 28.8 Å². The fourth-order valence-electron chi connectivity index (χ4n) is 6.02. The van der Waals surface area contributed by atoms with E-state index in [2.05, 4.69) is 16.0 Å². The minimum Gasteiger partial charge on any atom is -0.497 e. The number of ether oxygens (including phenoxy) is 1. The average Bonchev–Trinajstić information content (AvgIpc) is 3.34. The van der Waals surface area contributed by atoms with Crippen LogP contribution in [0.15, 0.2) is 48.8 Å². The van der Waals surface area contributed by atoms with Crippen LogP contribution in [-0.2, 0) is 11.3 Å². The van der Waals surface area contributed by atoms with E-state index in [4.69, 9.17) is 4.74 Å². The highest BCUT2D eigenvalue weighted by molar-refractivity contribution is 5.94. The van der Waals surface area contributed by atoms with Crippen molar-refractivity contribution >= 4 is 11.8 Å². The molecule has 2 atom stereocenters. The summed E-state index contributed by atoms with van der Waals surface area (Å²) >= 11 is 0. The number of hydrogen-bond acceptors (Lipinski definition) is 5. The van der Waals surface area contributed by atoms with Crippen LogP contribution in [0.5, 0.6) is 5.75 Å². The van der Waals surface area contributed by atoms with Crippen molar-refractivity contribution in [1.29, 1.82) is 0 Å². The minimum absolute atomic E-state index is 0.0342. The Morgan fingerprint density at radius 3 is 2.72 bits per heavy atom. The lowest BCUT2D eigenvalue weighted by Crippen LogP contribution is -2.56. The van der Waals surface area contributed by atoms with Gasteiger partial charge in [0, 0.05) is 63.6 Å². The molecule has 1 aromatic carbocycles. The van der Waals surface area contributed by atoms with Gasteiger partial charge in [-0.3, -0.25) is 19.5 Å². The molecule has 3 saturated heterocycles.